The maximum Gasteiger partial charge on any atom is 0.153 e. The summed E-state index contributed by atoms with van der Waals surface area (Å²) >= 11 is 0. The highest BCUT2D eigenvalue weighted by Crippen LogP contribution is 2.38. The van der Waals surface area contributed by atoms with Crippen LogP contribution < -0.4 is 10.2 Å². The first-order chi connectivity index (χ1) is 15.7. The fraction of sp³-hybridized carbons (Fsp3) is 0.259. The Morgan fingerprint density at radius 2 is 1.81 bits per heavy atom. The van der Waals surface area contributed by atoms with Crippen molar-refractivity contribution in [2.75, 3.05) is 25.0 Å². The molecule has 5 rings (SSSR count). The first-order valence-electron chi connectivity index (χ1n) is 11.2. The van der Waals surface area contributed by atoms with Gasteiger partial charge in [0.15, 0.2) is 5.82 Å². The van der Waals surface area contributed by atoms with Crippen LogP contribution in [0.2, 0.25) is 0 Å². The van der Waals surface area contributed by atoms with E-state index in [0.29, 0.717) is 11.6 Å². The van der Waals surface area contributed by atoms with Gasteiger partial charge in [-0.25, -0.2) is 4.98 Å². The number of aromatic nitrogens is 2. The molecule has 0 amide bonds. The van der Waals surface area contributed by atoms with E-state index in [-0.39, 0.29) is 0 Å². The molecule has 0 unspecified atom stereocenters. The van der Waals surface area contributed by atoms with Gasteiger partial charge in [0, 0.05) is 37.1 Å². The Labute approximate surface area is 188 Å². The third kappa shape index (κ3) is 3.63. The largest absolute Gasteiger partial charge is 0.353 e. The zero-order valence-corrected chi connectivity index (χ0v) is 18.5. The molecule has 5 heteroatoms. The number of nitrogens with zero attached hydrogens (tertiary/aromatic N) is 4. The number of nitrogens with one attached hydrogen (secondary N) is 1. The van der Waals surface area contributed by atoms with Gasteiger partial charge in [0.05, 0.1) is 22.8 Å². The van der Waals surface area contributed by atoms with Crippen LogP contribution >= 0.6 is 0 Å². The molecule has 1 aliphatic heterocycles. The molecule has 0 bridgehead atoms. The molecule has 3 heterocycles. The molecule has 1 aliphatic rings. The topological polar surface area (TPSA) is 56.4 Å². The first kappa shape index (κ1) is 20.3. The van der Waals surface area contributed by atoms with Crippen molar-refractivity contribution >= 4 is 11.3 Å². The molecular weight excluding hydrogens is 394 g/mol. The lowest BCUT2D eigenvalue weighted by Gasteiger charge is -2.33. The van der Waals surface area contributed by atoms with Crippen LogP contribution in [0.1, 0.15) is 24.0 Å². The van der Waals surface area contributed by atoms with Gasteiger partial charge in [-0.3, -0.25) is 0 Å². The predicted octanol–water partition coefficient (Wildman–Crippen LogP) is 5.04. The van der Waals surface area contributed by atoms with Crippen LogP contribution in [0, 0.1) is 18.3 Å². The lowest BCUT2D eigenvalue weighted by molar-refractivity contribution is 0.448. The second kappa shape index (κ2) is 8.49. The summed E-state index contributed by atoms with van der Waals surface area (Å²) in [7, 11) is 2.04. The quantitative estimate of drug-likeness (QED) is 0.502. The molecule has 1 atom stereocenters. The number of anilines is 1. The summed E-state index contributed by atoms with van der Waals surface area (Å²) in [5.41, 5.74) is 7.58. The van der Waals surface area contributed by atoms with E-state index in [1.165, 1.54) is 17.5 Å². The average molecular weight is 422 g/mol. The molecule has 2 aromatic heterocycles. The monoisotopic (exact) mass is 421 g/mol. The molecule has 0 spiro atoms. The maximum atomic E-state index is 9.22. The van der Waals surface area contributed by atoms with Crippen molar-refractivity contribution in [1.82, 2.24) is 14.7 Å². The van der Waals surface area contributed by atoms with Gasteiger partial charge in [0.2, 0.25) is 0 Å². The highest BCUT2D eigenvalue weighted by molar-refractivity contribution is 5.90. The number of hydrogen-bond donors (Lipinski definition) is 1. The van der Waals surface area contributed by atoms with Gasteiger partial charge in [0.25, 0.3) is 0 Å². The lowest BCUT2D eigenvalue weighted by Crippen LogP contribution is -2.44. The molecule has 1 N–H and O–H groups in total. The third-order valence-electron chi connectivity index (χ3n) is 6.46. The van der Waals surface area contributed by atoms with Crippen LogP contribution in [-0.2, 0) is 0 Å². The summed E-state index contributed by atoms with van der Waals surface area (Å²) in [6.07, 6.45) is 6.32. The normalized spacial score (nSPS) is 16.3. The Morgan fingerprint density at radius 1 is 1.06 bits per heavy atom. The van der Waals surface area contributed by atoms with Crippen LogP contribution in [0.3, 0.4) is 0 Å². The van der Waals surface area contributed by atoms with Crippen molar-refractivity contribution in [2.45, 2.75) is 25.8 Å². The molecule has 0 radical (unpaired) electrons. The summed E-state index contributed by atoms with van der Waals surface area (Å²) in [5, 5.41) is 12.7. The number of fused-ring (bicyclic) bond motifs is 1. The van der Waals surface area contributed by atoms with Crippen molar-refractivity contribution in [2.24, 2.45) is 0 Å². The maximum absolute atomic E-state index is 9.22. The zero-order valence-electron chi connectivity index (χ0n) is 18.5. The molecule has 160 valence electrons. The minimum Gasteiger partial charge on any atom is -0.353 e. The van der Waals surface area contributed by atoms with E-state index in [9.17, 15) is 5.26 Å². The molecular formula is C27H27N5. The van der Waals surface area contributed by atoms with Gasteiger partial charge in [-0.05, 0) is 56.1 Å². The number of nitriles is 1. The summed E-state index contributed by atoms with van der Waals surface area (Å²) in [6.45, 7) is 4.08. The number of benzene rings is 2. The van der Waals surface area contributed by atoms with Gasteiger partial charge < -0.3 is 14.6 Å². The van der Waals surface area contributed by atoms with Crippen LogP contribution in [0.15, 0.2) is 67.0 Å². The highest BCUT2D eigenvalue weighted by Gasteiger charge is 2.23. The Hall–Kier alpha value is -3.62. The first-order valence-corrected chi connectivity index (χ1v) is 11.2. The summed E-state index contributed by atoms with van der Waals surface area (Å²) in [6, 6.07) is 21.5. The second-order valence-corrected chi connectivity index (χ2v) is 8.54. The van der Waals surface area contributed by atoms with Crippen molar-refractivity contribution in [3.8, 4) is 28.5 Å². The Balaban J connectivity index is 1.71. The zero-order chi connectivity index (χ0) is 22.1. The van der Waals surface area contributed by atoms with Gasteiger partial charge >= 0.3 is 0 Å². The number of likely N-dealkylation sites (N-methyl/N-ethyl adjacent to an activating group) is 1. The number of rotatable bonds is 4. The molecule has 5 nitrogen and oxygen atoms in total. The van der Waals surface area contributed by atoms with Crippen molar-refractivity contribution in [3.05, 3.63) is 78.1 Å². The van der Waals surface area contributed by atoms with E-state index >= 15 is 0 Å². The second-order valence-electron chi connectivity index (χ2n) is 8.54. The van der Waals surface area contributed by atoms with Crippen molar-refractivity contribution < 1.29 is 0 Å². The third-order valence-corrected chi connectivity index (χ3v) is 6.46. The van der Waals surface area contributed by atoms with Crippen LogP contribution in [-0.4, -0.2) is 35.6 Å². The van der Waals surface area contributed by atoms with Crippen LogP contribution in [0.4, 0.5) is 5.82 Å². The van der Waals surface area contributed by atoms with Crippen molar-refractivity contribution in [1.29, 1.82) is 5.26 Å². The van der Waals surface area contributed by atoms with Crippen LogP contribution in [0.5, 0.6) is 0 Å². The summed E-state index contributed by atoms with van der Waals surface area (Å²) in [5.74, 6) is 1.03. The van der Waals surface area contributed by atoms with Crippen molar-refractivity contribution in [3.63, 3.8) is 0 Å². The van der Waals surface area contributed by atoms with Gasteiger partial charge in [-0.15, -0.1) is 0 Å². The minimum absolute atomic E-state index is 0.482. The van der Waals surface area contributed by atoms with Crippen LogP contribution in [0.25, 0.3) is 27.9 Å². The number of hydrogen-bond acceptors (Lipinski definition) is 4. The molecule has 0 aliphatic carbocycles. The van der Waals surface area contributed by atoms with E-state index in [4.69, 9.17) is 4.98 Å². The highest BCUT2D eigenvalue weighted by atomic mass is 15.2. The fourth-order valence-electron chi connectivity index (χ4n) is 4.69. The van der Waals surface area contributed by atoms with E-state index in [0.717, 1.165) is 47.7 Å². The Bertz CT molecular complexity index is 1280. The Kier molecular flexibility index (Phi) is 5.38. The molecule has 32 heavy (non-hydrogen) atoms. The van der Waals surface area contributed by atoms with Gasteiger partial charge in [-0.1, -0.05) is 42.0 Å². The molecule has 0 saturated carbocycles. The SMILES string of the molecule is CN[C@@H]1CCCN(c2nccn3c(-c4ccc(C)cc4)c(-c4ccc(C#N)cc4)cc23)C1. The number of aryl methyl sites for hydroxylation is 1. The molecule has 4 aromatic rings. The minimum atomic E-state index is 0.482. The molecule has 1 fully saturated rings. The predicted molar refractivity (Wildman–Crippen MR) is 130 cm³/mol. The smallest absolute Gasteiger partial charge is 0.153 e. The Morgan fingerprint density at radius 3 is 2.53 bits per heavy atom. The van der Waals surface area contributed by atoms with Gasteiger partial charge in [0.1, 0.15) is 0 Å². The van der Waals surface area contributed by atoms with E-state index in [2.05, 4.69) is 64.1 Å². The molecule has 2 aromatic carbocycles. The average Bonchev–Trinajstić information content (AvgIpc) is 3.24. The van der Waals surface area contributed by atoms with E-state index in [1.807, 2.05) is 37.5 Å². The number of piperidine rings is 1. The standard InChI is InChI=1S/C27H27N5/c1-19-5-9-22(10-6-19)26-24(21-11-7-20(17-28)8-12-21)16-25-27(30-13-15-32(25)26)31-14-3-4-23(18-31)29-2/h5-13,15-16,23,29H,3-4,14,18H2,1-2H3/t23-/m1/s1. The van der Waals surface area contributed by atoms with E-state index in [1.54, 1.807) is 0 Å². The van der Waals surface area contributed by atoms with E-state index < -0.39 is 0 Å². The lowest BCUT2D eigenvalue weighted by atomic mass is 10.00. The molecule has 1 saturated heterocycles. The summed E-state index contributed by atoms with van der Waals surface area (Å²) in [4.78, 5) is 7.22. The fourth-order valence-corrected chi connectivity index (χ4v) is 4.69. The van der Waals surface area contributed by atoms with Gasteiger partial charge in [-0.2, -0.15) is 5.26 Å². The summed E-state index contributed by atoms with van der Waals surface area (Å²) < 4.78 is 2.27.